The van der Waals surface area contributed by atoms with Crippen molar-refractivity contribution in [3.05, 3.63) is 33.8 Å². The number of benzene rings is 1. The van der Waals surface area contributed by atoms with Gasteiger partial charge in [0.25, 0.3) is 0 Å². The summed E-state index contributed by atoms with van der Waals surface area (Å²) in [5.41, 5.74) is 1.27. The fourth-order valence-electron chi connectivity index (χ4n) is 2.02. The standard InChI is InChI=1S/C12H12ClN3S2/c1-7-15-16-12(18-7)14-10-4-5-17-11-3-2-8(13)6-9(10)11/h2-3,6,10H,4-5H2,1H3,(H,14,16). The maximum absolute atomic E-state index is 6.09. The Bertz CT molecular complexity index is 570. The van der Waals surface area contributed by atoms with Gasteiger partial charge in [0.05, 0.1) is 6.04 Å². The smallest absolute Gasteiger partial charge is 0.206 e. The molecule has 6 heteroatoms. The van der Waals surface area contributed by atoms with Crippen LogP contribution in [0.1, 0.15) is 23.0 Å². The van der Waals surface area contributed by atoms with Crippen LogP contribution < -0.4 is 5.32 Å². The molecule has 0 fully saturated rings. The number of aromatic nitrogens is 2. The maximum atomic E-state index is 6.09. The van der Waals surface area contributed by atoms with Crippen LogP contribution in [0, 0.1) is 6.92 Å². The van der Waals surface area contributed by atoms with Gasteiger partial charge in [-0.25, -0.2) is 0 Å². The molecule has 18 heavy (non-hydrogen) atoms. The van der Waals surface area contributed by atoms with Crippen LogP contribution in [-0.2, 0) is 0 Å². The highest BCUT2D eigenvalue weighted by atomic mass is 35.5. The fourth-order valence-corrected chi connectivity index (χ4v) is 3.95. The molecule has 94 valence electrons. The van der Waals surface area contributed by atoms with Gasteiger partial charge in [-0.15, -0.1) is 22.0 Å². The first-order chi connectivity index (χ1) is 8.72. The highest BCUT2D eigenvalue weighted by molar-refractivity contribution is 7.99. The molecule has 0 saturated heterocycles. The molecule has 0 spiro atoms. The number of nitrogens with one attached hydrogen (secondary N) is 1. The molecule has 0 amide bonds. The molecule has 1 unspecified atom stereocenters. The van der Waals surface area contributed by atoms with E-state index in [0.29, 0.717) is 0 Å². The lowest BCUT2D eigenvalue weighted by Gasteiger charge is -2.25. The van der Waals surface area contributed by atoms with Crippen molar-refractivity contribution in [3.8, 4) is 0 Å². The van der Waals surface area contributed by atoms with Crippen molar-refractivity contribution >= 4 is 39.8 Å². The lowest BCUT2D eigenvalue weighted by Crippen LogP contribution is -2.16. The second kappa shape index (κ2) is 5.07. The average molecular weight is 298 g/mol. The number of rotatable bonds is 2. The molecule has 2 aromatic rings. The van der Waals surface area contributed by atoms with E-state index in [0.717, 1.165) is 27.3 Å². The van der Waals surface area contributed by atoms with Gasteiger partial charge in [-0.3, -0.25) is 0 Å². The lowest BCUT2D eigenvalue weighted by atomic mass is 10.0. The van der Waals surface area contributed by atoms with Crippen molar-refractivity contribution < 1.29 is 0 Å². The van der Waals surface area contributed by atoms with Crippen LogP contribution in [-0.4, -0.2) is 16.0 Å². The van der Waals surface area contributed by atoms with Crippen molar-refractivity contribution in [2.24, 2.45) is 0 Å². The van der Waals surface area contributed by atoms with E-state index in [-0.39, 0.29) is 6.04 Å². The van der Waals surface area contributed by atoms with Gasteiger partial charge in [-0.1, -0.05) is 22.9 Å². The van der Waals surface area contributed by atoms with Gasteiger partial charge in [0, 0.05) is 15.7 Å². The van der Waals surface area contributed by atoms with Crippen molar-refractivity contribution in [2.75, 3.05) is 11.1 Å². The van der Waals surface area contributed by atoms with E-state index >= 15 is 0 Å². The second-order valence-corrected chi connectivity index (χ2v) is 6.90. The van der Waals surface area contributed by atoms with Crippen molar-refractivity contribution in [1.29, 1.82) is 0 Å². The molecule has 0 saturated carbocycles. The molecule has 1 atom stereocenters. The number of hydrogen-bond donors (Lipinski definition) is 1. The predicted octanol–water partition coefficient (Wildman–Crippen LogP) is 4.15. The molecule has 1 N–H and O–H groups in total. The summed E-state index contributed by atoms with van der Waals surface area (Å²) in [5, 5.41) is 14.3. The minimum atomic E-state index is 0.285. The van der Waals surface area contributed by atoms with Gasteiger partial charge in [-0.05, 0) is 37.1 Å². The molecule has 1 aliphatic rings. The number of hydrogen-bond acceptors (Lipinski definition) is 5. The Labute approximate surface area is 119 Å². The van der Waals surface area contributed by atoms with E-state index in [2.05, 4.69) is 27.6 Å². The van der Waals surface area contributed by atoms with Gasteiger partial charge < -0.3 is 5.32 Å². The monoisotopic (exact) mass is 297 g/mol. The maximum Gasteiger partial charge on any atom is 0.206 e. The van der Waals surface area contributed by atoms with Gasteiger partial charge in [-0.2, -0.15) is 0 Å². The van der Waals surface area contributed by atoms with E-state index in [9.17, 15) is 0 Å². The number of fused-ring (bicyclic) bond motifs is 1. The minimum absolute atomic E-state index is 0.285. The Balaban J connectivity index is 1.88. The third-order valence-electron chi connectivity index (χ3n) is 2.84. The first kappa shape index (κ1) is 12.3. The van der Waals surface area contributed by atoms with Crippen LogP contribution in [0.25, 0.3) is 0 Å². The Morgan fingerprint density at radius 2 is 2.28 bits per heavy atom. The molecule has 3 nitrogen and oxygen atoms in total. The van der Waals surface area contributed by atoms with Crippen molar-refractivity contribution in [3.63, 3.8) is 0 Å². The zero-order valence-electron chi connectivity index (χ0n) is 9.81. The van der Waals surface area contributed by atoms with E-state index < -0.39 is 0 Å². The third kappa shape index (κ3) is 2.48. The van der Waals surface area contributed by atoms with E-state index in [1.54, 1.807) is 11.3 Å². The van der Waals surface area contributed by atoms with Crippen molar-refractivity contribution in [1.82, 2.24) is 10.2 Å². The zero-order chi connectivity index (χ0) is 12.5. The summed E-state index contributed by atoms with van der Waals surface area (Å²) in [6.07, 6.45) is 1.08. The summed E-state index contributed by atoms with van der Waals surface area (Å²) in [7, 11) is 0. The average Bonchev–Trinajstić information content (AvgIpc) is 2.76. The first-order valence-electron chi connectivity index (χ1n) is 5.71. The number of anilines is 1. The molecular formula is C12H12ClN3S2. The molecule has 1 aromatic heterocycles. The lowest BCUT2D eigenvalue weighted by molar-refractivity contribution is 0.725. The largest absolute Gasteiger partial charge is 0.353 e. The number of aryl methyl sites for hydroxylation is 1. The summed E-state index contributed by atoms with van der Waals surface area (Å²) in [6.45, 7) is 1.96. The van der Waals surface area contributed by atoms with Crippen LogP contribution in [0.4, 0.5) is 5.13 Å². The van der Waals surface area contributed by atoms with Crippen LogP contribution in [0.15, 0.2) is 23.1 Å². The van der Waals surface area contributed by atoms with E-state index in [1.807, 2.05) is 24.8 Å². The minimum Gasteiger partial charge on any atom is -0.353 e. The van der Waals surface area contributed by atoms with Crippen LogP contribution in [0.3, 0.4) is 0 Å². The molecule has 3 rings (SSSR count). The molecule has 1 aliphatic heterocycles. The van der Waals surface area contributed by atoms with Crippen LogP contribution in [0.2, 0.25) is 5.02 Å². The summed E-state index contributed by atoms with van der Waals surface area (Å²) >= 11 is 9.56. The van der Waals surface area contributed by atoms with Crippen LogP contribution in [0.5, 0.6) is 0 Å². The second-order valence-electron chi connectivity index (χ2n) is 4.14. The summed E-state index contributed by atoms with van der Waals surface area (Å²) in [6, 6.07) is 6.38. The van der Waals surface area contributed by atoms with Gasteiger partial charge >= 0.3 is 0 Å². The highest BCUT2D eigenvalue weighted by Crippen LogP contribution is 2.39. The molecule has 0 bridgehead atoms. The normalized spacial score (nSPS) is 18.4. The van der Waals surface area contributed by atoms with Gasteiger partial charge in [0.2, 0.25) is 5.13 Å². The fraction of sp³-hybridized carbons (Fsp3) is 0.333. The topological polar surface area (TPSA) is 37.8 Å². The number of thioether (sulfide) groups is 1. The molecule has 0 aliphatic carbocycles. The first-order valence-corrected chi connectivity index (χ1v) is 7.89. The Hall–Kier alpha value is -0.780. The molecular weight excluding hydrogens is 286 g/mol. The SMILES string of the molecule is Cc1nnc(NC2CCSc3ccc(Cl)cc32)s1. The zero-order valence-corrected chi connectivity index (χ0v) is 12.2. The van der Waals surface area contributed by atoms with Crippen LogP contribution >= 0.6 is 34.7 Å². The van der Waals surface area contributed by atoms with Crippen molar-refractivity contribution in [2.45, 2.75) is 24.3 Å². The third-order valence-corrected chi connectivity index (χ3v) is 4.96. The summed E-state index contributed by atoms with van der Waals surface area (Å²) < 4.78 is 0. The number of nitrogens with zero attached hydrogens (tertiary/aromatic N) is 2. The summed E-state index contributed by atoms with van der Waals surface area (Å²) in [5.74, 6) is 1.12. The predicted molar refractivity (Wildman–Crippen MR) is 77.8 cm³/mol. The Kier molecular flexibility index (Phi) is 3.46. The Morgan fingerprint density at radius 3 is 3.06 bits per heavy atom. The number of halogens is 1. The Morgan fingerprint density at radius 1 is 1.39 bits per heavy atom. The van der Waals surface area contributed by atoms with Gasteiger partial charge in [0.15, 0.2) is 0 Å². The van der Waals surface area contributed by atoms with E-state index in [4.69, 9.17) is 11.6 Å². The highest BCUT2D eigenvalue weighted by Gasteiger charge is 2.21. The van der Waals surface area contributed by atoms with Gasteiger partial charge in [0.1, 0.15) is 5.01 Å². The molecule has 2 heterocycles. The summed E-state index contributed by atoms with van der Waals surface area (Å²) in [4.78, 5) is 1.31. The van der Waals surface area contributed by atoms with E-state index in [1.165, 1.54) is 10.5 Å². The molecule has 0 radical (unpaired) electrons. The quantitative estimate of drug-likeness (QED) is 0.903. The molecule has 1 aromatic carbocycles.